The molecule has 2 heterocycles. The van der Waals surface area contributed by atoms with Crippen molar-refractivity contribution in [3.63, 3.8) is 0 Å². The molecule has 146 valence electrons. The Morgan fingerprint density at radius 1 is 1.04 bits per heavy atom. The summed E-state index contributed by atoms with van der Waals surface area (Å²) >= 11 is 6.18. The highest BCUT2D eigenvalue weighted by molar-refractivity contribution is 6.33. The Morgan fingerprint density at radius 3 is 2.68 bits per heavy atom. The maximum atomic E-state index is 11.1. The molecule has 8 heteroatoms. The van der Waals surface area contributed by atoms with Crippen LogP contribution in [-0.2, 0) is 13.1 Å². The van der Waals surface area contributed by atoms with E-state index in [1.165, 1.54) is 12.1 Å². The first-order valence-electron chi connectivity index (χ1n) is 8.31. The number of hydrogen-bond donors (Lipinski definition) is 2. The number of nitrogens with one attached hydrogen (secondary N) is 1. The molecule has 2 N–H and O–H groups in total. The van der Waals surface area contributed by atoms with Crippen LogP contribution in [0, 0.1) is 0 Å². The third kappa shape index (κ3) is 4.25. The Kier molecular flexibility index (Phi) is 6.14. The van der Waals surface area contributed by atoms with Crippen molar-refractivity contribution in [2.45, 2.75) is 13.1 Å². The van der Waals surface area contributed by atoms with E-state index in [1.54, 1.807) is 12.1 Å². The predicted molar refractivity (Wildman–Crippen MR) is 106 cm³/mol. The molecular weight excluding hydrogens is 405 g/mol. The average Bonchev–Trinajstić information content (AvgIpc) is 3.31. The summed E-state index contributed by atoms with van der Waals surface area (Å²) in [6.07, 6.45) is 0. The van der Waals surface area contributed by atoms with E-state index >= 15 is 0 Å². The second-order valence-corrected chi connectivity index (χ2v) is 6.46. The summed E-state index contributed by atoms with van der Waals surface area (Å²) in [6, 6.07) is 14.0. The van der Waals surface area contributed by atoms with Crippen molar-refractivity contribution >= 4 is 30.0 Å². The molecule has 0 radical (unpaired) electrons. The van der Waals surface area contributed by atoms with E-state index in [2.05, 4.69) is 5.32 Å². The largest absolute Gasteiger partial charge is 0.478 e. The Balaban J connectivity index is 0.00000225. The molecule has 0 atom stereocenters. The average molecular weight is 422 g/mol. The fourth-order valence-corrected chi connectivity index (χ4v) is 3.06. The van der Waals surface area contributed by atoms with E-state index in [0.717, 1.165) is 22.8 Å². The van der Waals surface area contributed by atoms with Crippen LogP contribution in [0.25, 0.3) is 11.3 Å². The lowest BCUT2D eigenvalue weighted by atomic mass is 10.1. The highest BCUT2D eigenvalue weighted by Crippen LogP contribution is 2.33. The molecule has 0 fully saturated rings. The van der Waals surface area contributed by atoms with Crippen LogP contribution in [0.2, 0.25) is 5.02 Å². The lowest BCUT2D eigenvalue weighted by Gasteiger charge is -2.05. The van der Waals surface area contributed by atoms with Crippen LogP contribution in [0.1, 0.15) is 21.7 Å². The van der Waals surface area contributed by atoms with Gasteiger partial charge >= 0.3 is 5.97 Å². The first-order chi connectivity index (χ1) is 13.1. The molecule has 0 unspecified atom stereocenters. The third-order valence-electron chi connectivity index (χ3n) is 4.21. The van der Waals surface area contributed by atoms with Crippen LogP contribution < -0.4 is 14.8 Å². The molecule has 3 aromatic rings. The van der Waals surface area contributed by atoms with Gasteiger partial charge < -0.3 is 24.3 Å². The van der Waals surface area contributed by atoms with E-state index in [1.807, 2.05) is 24.3 Å². The minimum Gasteiger partial charge on any atom is -0.478 e. The summed E-state index contributed by atoms with van der Waals surface area (Å²) in [7, 11) is 0. The molecule has 4 rings (SSSR count). The molecule has 0 spiro atoms. The van der Waals surface area contributed by atoms with Crippen LogP contribution in [-0.4, -0.2) is 17.9 Å². The van der Waals surface area contributed by atoms with Gasteiger partial charge in [-0.2, -0.15) is 0 Å². The number of halogens is 2. The summed E-state index contributed by atoms with van der Waals surface area (Å²) in [5.41, 5.74) is 1.79. The third-order valence-corrected chi connectivity index (χ3v) is 4.54. The molecule has 2 aromatic carbocycles. The molecule has 1 aliphatic heterocycles. The molecule has 0 aliphatic carbocycles. The van der Waals surface area contributed by atoms with E-state index in [0.29, 0.717) is 29.4 Å². The van der Waals surface area contributed by atoms with Crippen molar-refractivity contribution < 1.29 is 23.8 Å². The van der Waals surface area contributed by atoms with Gasteiger partial charge in [0.15, 0.2) is 11.5 Å². The minimum absolute atomic E-state index is 0. The summed E-state index contributed by atoms with van der Waals surface area (Å²) in [4.78, 5) is 11.1. The van der Waals surface area contributed by atoms with Gasteiger partial charge in [0.1, 0.15) is 11.5 Å². The van der Waals surface area contributed by atoms with Gasteiger partial charge in [-0.15, -0.1) is 12.4 Å². The van der Waals surface area contributed by atoms with Crippen LogP contribution in [0.5, 0.6) is 11.5 Å². The van der Waals surface area contributed by atoms with Crippen LogP contribution in [0.4, 0.5) is 0 Å². The summed E-state index contributed by atoms with van der Waals surface area (Å²) < 4.78 is 16.5. The quantitative estimate of drug-likeness (QED) is 0.598. The number of rotatable bonds is 6. The van der Waals surface area contributed by atoms with Crippen LogP contribution in [0.15, 0.2) is 52.9 Å². The monoisotopic (exact) mass is 421 g/mol. The number of aromatic carboxylic acids is 1. The van der Waals surface area contributed by atoms with Crippen LogP contribution >= 0.6 is 24.0 Å². The zero-order valence-corrected chi connectivity index (χ0v) is 16.2. The molecule has 0 bridgehead atoms. The van der Waals surface area contributed by atoms with Gasteiger partial charge in [-0.05, 0) is 48.0 Å². The predicted octanol–water partition coefficient (Wildman–Crippen LogP) is 4.74. The topological polar surface area (TPSA) is 80.9 Å². The standard InChI is InChI=1S/C20H16ClNO5.ClH/c21-16-4-2-13(20(23)24)8-15(16)17-6-3-14(27-17)10-22-9-12-1-5-18-19(7-12)26-11-25-18;/h1-8,22H,9-11H2,(H,23,24);1H. The highest BCUT2D eigenvalue weighted by Gasteiger charge is 2.14. The first kappa shape index (κ1) is 20.1. The molecule has 6 nitrogen and oxygen atoms in total. The number of carbonyl (C=O) groups is 1. The van der Waals surface area contributed by atoms with E-state index in [9.17, 15) is 4.79 Å². The van der Waals surface area contributed by atoms with Crippen molar-refractivity contribution in [3.05, 3.63) is 70.4 Å². The lowest BCUT2D eigenvalue weighted by Crippen LogP contribution is -2.11. The number of benzene rings is 2. The van der Waals surface area contributed by atoms with Gasteiger partial charge in [-0.1, -0.05) is 17.7 Å². The Hall–Kier alpha value is -2.67. The number of ether oxygens (including phenoxy) is 2. The SMILES string of the molecule is Cl.O=C(O)c1ccc(Cl)c(-c2ccc(CNCc3ccc4c(c3)OCO4)o2)c1. The number of furan rings is 1. The fraction of sp³-hybridized carbons (Fsp3) is 0.150. The number of hydrogen-bond acceptors (Lipinski definition) is 5. The van der Waals surface area contributed by atoms with Gasteiger partial charge in [0.05, 0.1) is 17.1 Å². The lowest BCUT2D eigenvalue weighted by molar-refractivity contribution is 0.0697. The first-order valence-corrected chi connectivity index (χ1v) is 8.69. The van der Waals surface area contributed by atoms with E-state index in [4.69, 9.17) is 30.6 Å². The maximum Gasteiger partial charge on any atom is 0.335 e. The molecule has 0 saturated carbocycles. The Bertz CT molecular complexity index is 1000. The minimum atomic E-state index is -1.01. The number of fused-ring (bicyclic) bond motifs is 1. The molecule has 28 heavy (non-hydrogen) atoms. The zero-order valence-electron chi connectivity index (χ0n) is 14.6. The smallest absolute Gasteiger partial charge is 0.335 e. The molecule has 0 saturated heterocycles. The van der Waals surface area contributed by atoms with Gasteiger partial charge in [-0.25, -0.2) is 4.79 Å². The van der Waals surface area contributed by atoms with E-state index < -0.39 is 5.97 Å². The van der Waals surface area contributed by atoms with Gasteiger partial charge in [-0.3, -0.25) is 0 Å². The van der Waals surface area contributed by atoms with Crippen molar-refractivity contribution in [2.75, 3.05) is 6.79 Å². The van der Waals surface area contributed by atoms with Crippen molar-refractivity contribution in [1.82, 2.24) is 5.32 Å². The molecular formula is C20H17Cl2NO5. The van der Waals surface area contributed by atoms with Gasteiger partial charge in [0.25, 0.3) is 0 Å². The normalized spacial score (nSPS) is 11.9. The van der Waals surface area contributed by atoms with Crippen molar-refractivity contribution in [1.29, 1.82) is 0 Å². The van der Waals surface area contributed by atoms with E-state index in [-0.39, 0.29) is 24.8 Å². The maximum absolute atomic E-state index is 11.1. The number of carboxylic acid groups (broad SMARTS) is 1. The second kappa shape index (κ2) is 8.56. The summed E-state index contributed by atoms with van der Waals surface area (Å²) in [5.74, 6) is 1.76. The van der Waals surface area contributed by atoms with Crippen molar-refractivity contribution in [2.24, 2.45) is 0 Å². The zero-order chi connectivity index (χ0) is 18.8. The summed E-state index contributed by atoms with van der Waals surface area (Å²) in [6.45, 7) is 1.42. The molecule has 1 aliphatic rings. The molecule has 1 aromatic heterocycles. The fourth-order valence-electron chi connectivity index (χ4n) is 2.85. The second-order valence-electron chi connectivity index (χ2n) is 6.06. The van der Waals surface area contributed by atoms with Crippen LogP contribution in [0.3, 0.4) is 0 Å². The van der Waals surface area contributed by atoms with Crippen molar-refractivity contribution in [3.8, 4) is 22.8 Å². The summed E-state index contributed by atoms with van der Waals surface area (Å²) in [5, 5.41) is 12.9. The Morgan fingerprint density at radius 2 is 1.86 bits per heavy atom. The van der Waals surface area contributed by atoms with Gasteiger partial charge in [0.2, 0.25) is 6.79 Å². The highest BCUT2D eigenvalue weighted by atomic mass is 35.5. The van der Waals surface area contributed by atoms with Gasteiger partial charge in [0, 0.05) is 12.1 Å². The molecule has 0 amide bonds. The number of carboxylic acids is 1. The Labute approximate surface area is 172 Å².